The summed E-state index contributed by atoms with van der Waals surface area (Å²) in [6, 6.07) is 10.3. The number of carbonyl (C=O) groups is 2. The average Bonchev–Trinajstić information content (AvgIpc) is 2.64. The summed E-state index contributed by atoms with van der Waals surface area (Å²) in [5.74, 6) is 0.435. The molecule has 2 rings (SSSR count). The Morgan fingerprint density at radius 1 is 1.15 bits per heavy atom. The molecule has 0 heterocycles. The van der Waals surface area contributed by atoms with Crippen molar-refractivity contribution in [2.75, 3.05) is 14.2 Å². The van der Waals surface area contributed by atoms with E-state index in [1.165, 1.54) is 6.08 Å². The zero-order valence-corrected chi connectivity index (χ0v) is 16.0. The van der Waals surface area contributed by atoms with E-state index in [1.54, 1.807) is 50.6 Å². The molecule has 6 nitrogen and oxygen atoms in total. The van der Waals surface area contributed by atoms with Crippen molar-refractivity contribution in [1.82, 2.24) is 5.32 Å². The van der Waals surface area contributed by atoms with E-state index in [2.05, 4.69) is 21.2 Å². The third kappa shape index (κ3) is 5.10. The summed E-state index contributed by atoms with van der Waals surface area (Å²) in [4.78, 5) is 23.0. The Balaban J connectivity index is 1.99. The van der Waals surface area contributed by atoms with Crippen LogP contribution in [0.5, 0.6) is 11.5 Å². The van der Waals surface area contributed by atoms with Gasteiger partial charge in [0.25, 0.3) is 0 Å². The number of benzene rings is 2. The van der Waals surface area contributed by atoms with Crippen molar-refractivity contribution >= 4 is 33.8 Å². The number of ether oxygens (including phenoxy) is 2. The number of nitrogens with two attached hydrogens (primary N) is 1. The van der Waals surface area contributed by atoms with Crippen molar-refractivity contribution in [3.8, 4) is 11.5 Å². The number of nitrogens with one attached hydrogen (secondary N) is 1. The number of amides is 2. The summed E-state index contributed by atoms with van der Waals surface area (Å²) in [5.41, 5.74) is 7.28. The summed E-state index contributed by atoms with van der Waals surface area (Å²) < 4.78 is 11.3. The summed E-state index contributed by atoms with van der Waals surface area (Å²) >= 11 is 3.41. The maximum absolute atomic E-state index is 12.0. The second-order valence-electron chi connectivity index (χ2n) is 5.35. The van der Waals surface area contributed by atoms with Crippen LogP contribution in [0, 0.1) is 0 Å². The average molecular weight is 419 g/mol. The fourth-order valence-corrected chi connectivity index (χ4v) is 2.86. The Labute approximate surface area is 160 Å². The van der Waals surface area contributed by atoms with E-state index < -0.39 is 5.91 Å². The van der Waals surface area contributed by atoms with Gasteiger partial charge in [0, 0.05) is 18.2 Å². The lowest BCUT2D eigenvalue weighted by Gasteiger charge is -2.10. The lowest BCUT2D eigenvalue weighted by atomic mass is 10.1. The first kappa shape index (κ1) is 19.5. The molecule has 2 aromatic rings. The third-order valence-corrected chi connectivity index (χ3v) is 4.18. The van der Waals surface area contributed by atoms with Crippen LogP contribution < -0.4 is 20.5 Å². The molecule has 0 radical (unpaired) electrons. The Morgan fingerprint density at radius 2 is 1.85 bits per heavy atom. The number of hydrogen-bond acceptors (Lipinski definition) is 4. The van der Waals surface area contributed by atoms with E-state index in [-0.39, 0.29) is 5.91 Å². The van der Waals surface area contributed by atoms with Crippen LogP contribution in [0.15, 0.2) is 46.9 Å². The zero-order valence-electron chi connectivity index (χ0n) is 14.4. The van der Waals surface area contributed by atoms with Crippen molar-refractivity contribution in [3.63, 3.8) is 0 Å². The van der Waals surface area contributed by atoms with Crippen LogP contribution in [0.3, 0.4) is 0 Å². The Bertz CT molecular complexity index is 832. The smallest absolute Gasteiger partial charge is 0.248 e. The first-order valence-corrected chi connectivity index (χ1v) is 8.50. The predicted octanol–water partition coefficient (Wildman–Crippen LogP) is 2.89. The number of hydrogen-bond donors (Lipinski definition) is 2. The highest BCUT2D eigenvalue weighted by molar-refractivity contribution is 9.10. The van der Waals surface area contributed by atoms with E-state index >= 15 is 0 Å². The predicted molar refractivity (Wildman–Crippen MR) is 103 cm³/mol. The van der Waals surface area contributed by atoms with Gasteiger partial charge in [0.15, 0.2) is 11.5 Å². The Kier molecular flexibility index (Phi) is 6.80. The first-order valence-electron chi connectivity index (χ1n) is 7.70. The monoisotopic (exact) mass is 418 g/mol. The van der Waals surface area contributed by atoms with Gasteiger partial charge >= 0.3 is 0 Å². The van der Waals surface area contributed by atoms with E-state index in [0.29, 0.717) is 23.6 Å². The molecule has 3 N–H and O–H groups in total. The first-order chi connectivity index (χ1) is 12.4. The molecule has 0 bridgehead atoms. The molecule has 26 heavy (non-hydrogen) atoms. The second-order valence-corrected chi connectivity index (χ2v) is 6.20. The van der Waals surface area contributed by atoms with Crippen molar-refractivity contribution in [3.05, 3.63) is 63.6 Å². The largest absolute Gasteiger partial charge is 0.493 e. The van der Waals surface area contributed by atoms with Gasteiger partial charge in [0.05, 0.1) is 18.7 Å². The number of methoxy groups -OCH3 is 2. The molecule has 0 aliphatic carbocycles. The molecule has 0 aromatic heterocycles. The normalized spacial score (nSPS) is 10.6. The second kappa shape index (κ2) is 9.05. The van der Waals surface area contributed by atoms with Crippen molar-refractivity contribution in [2.45, 2.75) is 6.54 Å². The van der Waals surface area contributed by atoms with Gasteiger partial charge in [-0.1, -0.05) is 12.1 Å². The SMILES string of the molecule is COc1cc(/C=C/C(=O)NCc2ccc(C(N)=O)cc2)cc(Br)c1OC. The number of rotatable bonds is 7. The van der Waals surface area contributed by atoms with Gasteiger partial charge in [-0.05, 0) is 57.4 Å². The fourth-order valence-electron chi connectivity index (χ4n) is 2.24. The Hall–Kier alpha value is -2.80. The van der Waals surface area contributed by atoms with Crippen LogP contribution in [0.4, 0.5) is 0 Å². The lowest BCUT2D eigenvalue weighted by Crippen LogP contribution is -2.20. The van der Waals surface area contributed by atoms with Crippen molar-refractivity contribution < 1.29 is 19.1 Å². The molecule has 0 atom stereocenters. The number of carbonyl (C=O) groups excluding carboxylic acids is 2. The molecule has 0 unspecified atom stereocenters. The molecular weight excluding hydrogens is 400 g/mol. The fraction of sp³-hybridized carbons (Fsp3) is 0.158. The third-order valence-electron chi connectivity index (χ3n) is 3.59. The minimum Gasteiger partial charge on any atom is -0.493 e. The minimum absolute atomic E-state index is 0.241. The topological polar surface area (TPSA) is 90.6 Å². The van der Waals surface area contributed by atoms with E-state index in [4.69, 9.17) is 15.2 Å². The quantitative estimate of drug-likeness (QED) is 0.676. The van der Waals surface area contributed by atoms with Crippen LogP contribution in [0.2, 0.25) is 0 Å². The van der Waals surface area contributed by atoms with Crippen LogP contribution in [-0.2, 0) is 11.3 Å². The standard InChI is InChI=1S/C19H19BrN2O4/c1-25-16-10-13(9-15(20)18(16)26-2)5-8-17(23)22-11-12-3-6-14(7-4-12)19(21)24/h3-10H,11H2,1-2H3,(H2,21,24)(H,22,23)/b8-5+. The molecule has 0 saturated heterocycles. The van der Waals surface area contributed by atoms with Gasteiger partial charge in [-0.15, -0.1) is 0 Å². The summed E-state index contributed by atoms with van der Waals surface area (Å²) in [7, 11) is 3.11. The molecule has 0 spiro atoms. The molecule has 2 aromatic carbocycles. The maximum Gasteiger partial charge on any atom is 0.248 e. The molecule has 2 amide bonds. The van der Waals surface area contributed by atoms with Gasteiger partial charge in [-0.3, -0.25) is 9.59 Å². The molecule has 0 fully saturated rings. The van der Waals surface area contributed by atoms with Gasteiger partial charge in [-0.25, -0.2) is 0 Å². The molecule has 7 heteroatoms. The van der Waals surface area contributed by atoms with Crippen LogP contribution in [0.25, 0.3) is 6.08 Å². The lowest BCUT2D eigenvalue weighted by molar-refractivity contribution is -0.116. The Morgan fingerprint density at radius 3 is 2.42 bits per heavy atom. The van der Waals surface area contributed by atoms with Gasteiger partial charge in [0.2, 0.25) is 11.8 Å². The summed E-state index contributed by atoms with van der Waals surface area (Å²) in [6.45, 7) is 0.345. The number of primary amides is 1. The molecule has 0 saturated carbocycles. The van der Waals surface area contributed by atoms with E-state index in [1.807, 2.05) is 6.07 Å². The molecule has 0 aliphatic rings. The van der Waals surface area contributed by atoms with Crippen molar-refractivity contribution in [1.29, 1.82) is 0 Å². The highest BCUT2D eigenvalue weighted by Gasteiger charge is 2.09. The van der Waals surface area contributed by atoms with Crippen molar-refractivity contribution in [2.24, 2.45) is 5.73 Å². The van der Waals surface area contributed by atoms with Crippen LogP contribution >= 0.6 is 15.9 Å². The number of halogens is 1. The van der Waals surface area contributed by atoms with Gasteiger partial charge < -0.3 is 20.5 Å². The van der Waals surface area contributed by atoms with E-state index in [0.717, 1.165) is 15.6 Å². The molecule has 136 valence electrons. The van der Waals surface area contributed by atoms with Gasteiger partial charge in [-0.2, -0.15) is 0 Å². The maximum atomic E-state index is 12.0. The van der Waals surface area contributed by atoms with Crippen LogP contribution in [-0.4, -0.2) is 26.0 Å². The summed E-state index contributed by atoms with van der Waals surface area (Å²) in [5, 5.41) is 2.77. The van der Waals surface area contributed by atoms with Crippen LogP contribution in [0.1, 0.15) is 21.5 Å². The molecular formula is C19H19BrN2O4. The van der Waals surface area contributed by atoms with E-state index in [9.17, 15) is 9.59 Å². The highest BCUT2D eigenvalue weighted by atomic mass is 79.9. The zero-order chi connectivity index (χ0) is 19.1. The van der Waals surface area contributed by atoms with Gasteiger partial charge in [0.1, 0.15) is 0 Å². The summed E-state index contributed by atoms with van der Waals surface area (Å²) in [6.07, 6.45) is 3.11. The minimum atomic E-state index is -0.482. The molecule has 0 aliphatic heterocycles. The highest BCUT2D eigenvalue weighted by Crippen LogP contribution is 2.36.